The third kappa shape index (κ3) is 5.07. The Morgan fingerprint density at radius 3 is 2.79 bits per heavy atom. The number of hydrogen-bond acceptors (Lipinski definition) is 5. The van der Waals surface area contributed by atoms with E-state index in [1.54, 1.807) is 6.07 Å². The van der Waals surface area contributed by atoms with Crippen LogP contribution >= 0.6 is 11.6 Å². The van der Waals surface area contributed by atoms with Gasteiger partial charge in [0.25, 0.3) is 0 Å². The minimum absolute atomic E-state index is 0.00796. The molecule has 146 valence electrons. The molecule has 0 atom stereocenters. The zero-order chi connectivity index (χ0) is 19.9. The summed E-state index contributed by atoms with van der Waals surface area (Å²) in [5.74, 6) is 0.235. The van der Waals surface area contributed by atoms with Crippen LogP contribution in [0.4, 0.5) is 5.69 Å². The monoisotopic (exact) mass is 398 g/mol. The third-order valence-corrected chi connectivity index (χ3v) is 4.63. The maximum atomic E-state index is 12.2. The molecule has 1 amide bonds. The number of nitrogens with one attached hydrogen (secondary N) is 1. The summed E-state index contributed by atoms with van der Waals surface area (Å²) < 4.78 is 0. The lowest BCUT2D eigenvalue weighted by molar-refractivity contribution is -0.122. The van der Waals surface area contributed by atoms with Crippen molar-refractivity contribution in [2.24, 2.45) is 0 Å². The number of likely N-dealkylation sites (N-methyl/N-ethyl adjacent to an activating group) is 1. The molecule has 2 aromatic carbocycles. The second-order valence-electron chi connectivity index (χ2n) is 6.39. The fourth-order valence-corrected chi connectivity index (χ4v) is 3.09. The van der Waals surface area contributed by atoms with Crippen molar-refractivity contribution in [3.05, 3.63) is 59.1 Å². The highest BCUT2D eigenvalue weighted by molar-refractivity contribution is 6.33. The van der Waals surface area contributed by atoms with Gasteiger partial charge in [-0.25, -0.2) is 0 Å². The second-order valence-corrected chi connectivity index (χ2v) is 6.80. The Labute approximate surface area is 169 Å². The lowest BCUT2D eigenvalue weighted by atomic mass is 10.2. The molecule has 0 saturated heterocycles. The first-order valence-electron chi connectivity index (χ1n) is 9.18. The fourth-order valence-electron chi connectivity index (χ4n) is 2.87. The molecule has 8 heteroatoms. The van der Waals surface area contributed by atoms with Crippen molar-refractivity contribution in [2.75, 3.05) is 24.5 Å². The smallest absolute Gasteiger partial charge is 0.243 e. The van der Waals surface area contributed by atoms with Crippen LogP contribution in [0.5, 0.6) is 0 Å². The van der Waals surface area contributed by atoms with Crippen molar-refractivity contribution in [3.8, 4) is 11.4 Å². The van der Waals surface area contributed by atoms with E-state index in [9.17, 15) is 4.79 Å². The van der Waals surface area contributed by atoms with Crippen molar-refractivity contribution >= 4 is 23.2 Å². The molecular weight excluding hydrogens is 376 g/mol. The number of tetrazole rings is 1. The van der Waals surface area contributed by atoms with E-state index in [0.717, 1.165) is 18.8 Å². The lowest BCUT2D eigenvalue weighted by Crippen LogP contribution is -2.36. The van der Waals surface area contributed by atoms with Crippen molar-refractivity contribution in [1.82, 2.24) is 25.5 Å². The van der Waals surface area contributed by atoms with Crippen LogP contribution in [-0.2, 0) is 11.3 Å². The molecule has 7 nitrogen and oxygen atoms in total. The van der Waals surface area contributed by atoms with Gasteiger partial charge in [-0.15, -0.1) is 10.2 Å². The minimum Gasteiger partial charge on any atom is -0.370 e. The quantitative estimate of drug-likeness (QED) is 0.631. The van der Waals surface area contributed by atoms with E-state index in [0.29, 0.717) is 23.0 Å². The van der Waals surface area contributed by atoms with Crippen LogP contribution in [-0.4, -0.2) is 45.7 Å². The SMILES string of the molecule is CCN(CCNC(=O)Cn1nnc(-c2ccccc2Cl)n1)c1cccc(C)c1. The number of aromatic nitrogens is 4. The molecule has 3 aromatic rings. The van der Waals surface area contributed by atoms with Gasteiger partial charge < -0.3 is 10.2 Å². The molecular formula is C20H23ClN6O. The maximum absolute atomic E-state index is 12.2. The zero-order valence-electron chi connectivity index (χ0n) is 16.0. The van der Waals surface area contributed by atoms with E-state index < -0.39 is 0 Å². The van der Waals surface area contributed by atoms with Crippen LogP contribution in [0.25, 0.3) is 11.4 Å². The van der Waals surface area contributed by atoms with E-state index in [-0.39, 0.29) is 12.5 Å². The van der Waals surface area contributed by atoms with Crippen LogP contribution in [0.15, 0.2) is 48.5 Å². The number of anilines is 1. The van der Waals surface area contributed by atoms with Gasteiger partial charge in [-0.1, -0.05) is 35.9 Å². The number of nitrogens with zero attached hydrogens (tertiary/aromatic N) is 5. The first-order chi connectivity index (χ1) is 13.6. The van der Waals surface area contributed by atoms with Crippen LogP contribution in [0.1, 0.15) is 12.5 Å². The maximum Gasteiger partial charge on any atom is 0.243 e. The van der Waals surface area contributed by atoms with E-state index in [4.69, 9.17) is 11.6 Å². The number of amides is 1. The predicted octanol–water partition coefficient (Wildman–Crippen LogP) is 2.94. The number of benzene rings is 2. The summed E-state index contributed by atoms with van der Waals surface area (Å²) >= 11 is 6.14. The van der Waals surface area contributed by atoms with Crippen LogP contribution in [0.2, 0.25) is 5.02 Å². The molecule has 3 rings (SSSR count). The van der Waals surface area contributed by atoms with Crippen LogP contribution in [0.3, 0.4) is 0 Å². The van der Waals surface area contributed by atoms with Gasteiger partial charge in [0, 0.05) is 30.9 Å². The molecule has 0 radical (unpaired) electrons. The van der Waals surface area contributed by atoms with E-state index >= 15 is 0 Å². The molecule has 0 aliphatic rings. The third-order valence-electron chi connectivity index (χ3n) is 4.31. The highest BCUT2D eigenvalue weighted by atomic mass is 35.5. The lowest BCUT2D eigenvalue weighted by Gasteiger charge is -2.23. The predicted molar refractivity (Wildman–Crippen MR) is 110 cm³/mol. The van der Waals surface area contributed by atoms with Crippen molar-refractivity contribution < 1.29 is 4.79 Å². The molecule has 0 bridgehead atoms. The Kier molecular flexibility index (Phi) is 6.60. The molecule has 1 heterocycles. The number of rotatable bonds is 8. The highest BCUT2D eigenvalue weighted by Crippen LogP contribution is 2.23. The van der Waals surface area contributed by atoms with Gasteiger partial charge in [0.15, 0.2) is 0 Å². The molecule has 0 spiro atoms. The normalized spacial score (nSPS) is 10.7. The van der Waals surface area contributed by atoms with Gasteiger partial charge in [0.1, 0.15) is 6.54 Å². The average Bonchev–Trinajstić information content (AvgIpc) is 3.13. The topological polar surface area (TPSA) is 75.9 Å². The zero-order valence-corrected chi connectivity index (χ0v) is 16.7. The van der Waals surface area contributed by atoms with Gasteiger partial charge in [0.05, 0.1) is 5.02 Å². The van der Waals surface area contributed by atoms with Gasteiger partial charge in [0.2, 0.25) is 11.7 Å². The summed E-state index contributed by atoms with van der Waals surface area (Å²) in [7, 11) is 0. The minimum atomic E-state index is -0.164. The molecule has 0 unspecified atom stereocenters. The van der Waals surface area contributed by atoms with Crippen LogP contribution < -0.4 is 10.2 Å². The number of aryl methyl sites for hydroxylation is 1. The molecule has 1 N–H and O–H groups in total. The fraction of sp³-hybridized carbons (Fsp3) is 0.300. The standard InChI is InChI=1S/C20H23ClN6O/c1-3-26(16-8-6-7-15(2)13-16)12-11-22-19(28)14-27-24-20(23-25-27)17-9-4-5-10-18(17)21/h4-10,13H,3,11-12,14H2,1-2H3,(H,22,28). The molecule has 0 fully saturated rings. The van der Waals surface area contributed by atoms with Crippen LogP contribution in [0, 0.1) is 6.92 Å². The summed E-state index contributed by atoms with van der Waals surface area (Å²) in [6, 6.07) is 15.6. The number of carbonyl (C=O) groups excluding carboxylic acids is 1. The Morgan fingerprint density at radius 2 is 2.04 bits per heavy atom. The van der Waals surface area contributed by atoms with Crippen molar-refractivity contribution in [2.45, 2.75) is 20.4 Å². The molecule has 1 aromatic heterocycles. The van der Waals surface area contributed by atoms with E-state index in [1.165, 1.54) is 10.4 Å². The Bertz CT molecular complexity index is 942. The Hall–Kier alpha value is -2.93. The van der Waals surface area contributed by atoms with Gasteiger partial charge in [-0.3, -0.25) is 4.79 Å². The number of halogens is 1. The molecule has 0 aliphatic carbocycles. The average molecular weight is 399 g/mol. The first-order valence-corrected chi connectivity index (χ1v) is 9.55. The summed E-state index contributed by atoms with van der Waals surface area (Å²) in [6.07, 6.45) is 0. The number of hydrogen-bond donors (Lipinski definition) is 1. The van der Waals surface area contributed by atoms with Gasteiger partial charge in [-0.2, -0.15) is 4.80 Å². The Morgan fingerprint density at radius 1 is 1.21 bits per heavy atom. The van der Waals surface area contributed by atoms with Gasteiger partial charge >= 0.3 is 0 Å². The molecule has 28 heavy (non-hydrogen) atoms. The largest absolute Gasteiger partial charge is 0.370 e. The summed E-state index contributed by atoms with van der Waals surface area (Å²) in [6.45, 7) is 6.30. The summed E-state index contributed by atoms with van der Waals surface area (Å²) in [5.41, 5.74) is 3.05. The second kappa shape index (κ2) is 9.32. The summed E-state index contributed by atoms with van der Waals surface area (Å²) in [4.78, 5) is 15.7. The molecule has 0 aliphatic heterocycles. The van der Waals surface area contributed by atoms with E-state index in [2.05, 4.69) is 57.7 Å². The highest BCUT2D eigenvalue weighted by Gasteiger charge is 2.12. The van der Waals surface area contributed by atoms with Crippen molar-refractivity contribution in [1.29, 1.82) is 0 Å². The molecule has 0 saturated carbocycles. The first kappa shape index (κ1) is 19.8. The van der Waals surface area contributed by atoms with E-state index in [1.807, 2.05) is 24.3 Å². The summed E-state index contributed by atoms with van der Waals surface area (Å²) in [5, 5.41) is 15.6. The van der Waals surface area contributed by atoms with Gasteiger partial charge in [-0.05, 0) is 48.9 Å². The van der Waals surface area contributed by atoms with Crippen molar-refractivity contribution in [3.63, 3.8) is 0 Å². The number of carbonyl (C=O) groups is 1. The Balaban J connectivity index is 1.51.